The molecule has 0 radical (unpaired) electrons. The van der Waals surface area contributed by atoms with Crippen molar-refractivity contribution in [2.45, 2.75) is 59.0 Å². The second kappa shape index (κ2) is 8.05. The molecule has 0 saturated carbocycles. The molecule has 2 rings (SSSR count). The molecule has 3 nitrogen and oxygen atoms in total. The smallest absolute Gasteiger partial charge is 0.248 e. The van der Waals surface area contributed by atoms with E-state index in [-0.39, 0.29) is 5.91 Å². The van der Waals surface area contributed by atoms with E-state index >= 15 is 0 Å². The lowest BCUT2D eigenvalue weighted by Crippen LogP contribution is -2.38. The second-order valence-electron chi connectivity index (χ2n) is 5.33. The van der Waals surface area contributed by atoms with Crippen LogP contribution >= 0.6 is 0 Å². The number of hydrogen-bond donors (Lipinski definition) is 1. The summed E-state index contributed by atoms with van der Waals surface area (Å²) >= 11 is 0. The van der Waals surface area contributed by atoms with Crippen molar-refractivity contribution in [3.8, 4) is 0 Å². The Morgan fingerprint density at radius 1 is 1.20 bits per heavy atom. The first kappa shape index (κ1) is 16.7. The molecule has 0 aliphatic carbocycles. The van der Waals surface area contributed by atoms with Crippen LogP contribution in [0.25, 0.3) is 0 Å². The van der Waals surface area contributed by atoms with Gasteiger partial charge in [0.1, 0.15) is 0 Å². The fraction of sp³-hybridized carbons (Fsp3) is 0.588. The Kier molecular flexibility index (Phi) is 6.73. The number of nitrogens with zero attached hydrogens (tertiary/aromatic N) is 1. The molecule has 1 aromatic carbocycles. The van der Waals surface area contributed by atoms with Gasteiger partial charge in [0.25, 0.3) is 0 Å². The fourth-order valence-electron chi connectivity index (χ4n) is 2.80. The number of rotatable bonds is 3. The molecule has 0 aromatic heterocycles. The monoisotopic (exact) mass is 276 g/mol. The summed E-state index contributed by atoms with van der Waals surface area (Å²) in [6.07, 6.45) is 3.77. The molecule has 1 fully saturated rings. The largest absolute Gasteiger partial charge is 0.366 e. The second-order valence-corrected chi connectivity index (χ2v) is 5.33. The van der Waals surface area contributed by atoms with Crippen LogP contribution in [0.3, 0.4) is 0 Å². The molecule has 1 aromatic rings. The molecular weight excluding hydrogens is 248 g/mol. The quantitative estimate of drug-likeness (QED) is 0.914. The highest BCUT2D eigenvalue weighted by Crippen LogP contribution is 2.32. The van der Waals surface area contributed by atoms with E-state index < -0.39 is 0 Å². The van der Waals surface area contributed by atoms with Gasteiger partial charge in [-0.1, -0.05) is 32.4 Å². The van der Waals surface area contributed by atoms with Gasteiger partial charge in [-0.2, -0.15) is 0 Å². The zero-order valence-electron chi connectivity index (χ0n) is 13.2. The van der Waals surface area contributed by atoms with E-state index in [1.807, 2.05) is 38.1 Å². The minimum Gasteiger partial charge on any atom is -0.366 e. The normalized spacial score (nSPS) is 19.4. The van der Waals surface area contributed by atoms with Crippen molar-refractivity contribution < 1.29 is 4.79 Å². The number of primary amides is 1. The Bertz CT molecular complexity index is 412. The molecule has 1 aliphatic rings. The van der Waals surface area contributed by atoms with Crippen molar-refractivity contribution in [3.05, 3.63) is 35.4 Å². The average molecular weight is 276 g/mol. The number of carbonyl (C=O) groups is 1. The molecule has 1 heterocycles. The van der Waals surface area contributed by atoms with Gasteiger partial charge in [0.2, 0.25) is 5.91 Å². The third kappa shape index (κ3) is 4.07. The SMILES string of the molecule is CC.CC(C)N1CCCCC1c1ccc(C(N)=O)cc1. The molecule has 1 aliphatic heterocycles. The summed E-state index contributed by atoms with van der Waals surface area (Å²) in [6.45, 7) is 9.66. The maximum atomic E-state index is 11.1. The van der Waals surface area contributed by atoms with Crippen molar-refractivity contribution >= 4 is 5.91 Å². The lowest BCUT2D eigenvalue weighted by molar-refractivity contribution is 0.0999. The molecule has 2 N–H and O–H groups in total. The molecule has 112 valence electrons. The van der Waals surface area contributed by atoms with Crippen molar-refractivity contribution in [3.63, 3.8) is 0 Å². The van der Waals surface area contributed by atoms with E-state index in [2.05, 4.69) is 18.7 Å². The zero-order valence-corrected chi connectivity index (χ0v) is 13.2. The van der Waals surface area contributed by atoms with Gasteiger partial charge in [-0.3, -0.25) is 9.69 Å². The van der Waals surface area contributed by atoms with Crippen LogP contribution in [0.4, 0.5) is 0 Å². The number of likely N-dealkylation sites (tertiary alicyclic amines) is 1. The Labute approximate surface area is 123 Å². The summed E-state index contributed by atoms with van der Waals surface area (Å²) in [6, 6.07) is 8.82. The highest BCUT2D eigenvalue weighted by molar-refractivity contribution is 5.92. The van der Waals surface area contributed by atoms with Crippen LogP contribution in [0.1, 0.15) is 68.9 Å². The third-order valence-corrected chi connectivity index (χ3v) is 3.79. The van der Waals surface area contributed by atoms with Crippen LogP contribution < -0.4 is 5.73 Å². The molecule has 3 heteroatoms. The number of hydrogen-bond acceptors (Lipinski definition) is 2. The first-order chi connectivity index (χ1) is 9.59. The van der Waals surface area contributed by atoms with Gasteiger partial charge >= 0.3 is 0 Å². The topological polar surface area (TPSA) is 46.3 Å². The lowest BCUT2D eigenvalue weighted by Gasteiger charge is -2.39. The maximum absolute atomic E-state index is 11.1. The van der Waals surface area contributed by atoms with Gasteiger partial charge in [0.15, 0.2) is 0 Å². The minimum atomic E-state index is -0.356. The van der Waals surface area contributed by atoms with Gasteiger partial charge in [0.05, 0.1) is 0 Å². The number of benzene rings is 1. The maximum Gasteiger partial charge on any atom is 0.248 e. The number of carbonyl (C=O) groups excluding carboxylic acids is 1. The summed E-state index contributed by atoms with van der Waals surface area (Å²) in [5.74, 6) is -0.356. The predicted molar refractivity (Wildman–Crippen MR) is 84.7 cm³/mol. The minimum absolute atomic E-state index is 0.356. The third-order valence-electron chi connectivity index (χ3n) is 3.79. The average Bonchev–Trinajstić information content (AvgIpc) is 2.49. The van der Waals surface area contributed by atoms with Crippen molar-refractivity contribution in [2.75, 3.05) is 6.54 Å². The number of piperidine rings is 1. The summed E-state index contributed by atoms with van der Waals surface area (Å²) < 4.78 is 0. The van der Waals surface area contributed by atoms with Crippen LogP contribution in [0.2, 0.25) is 0 Å². The Hall–Kier alpha value is -1.35. The Balaban J connectivity index is 0.000000956. The van der Waals surface area contributed by atoms with Crippen molar-refractivity contribution in [1.82, 2.24) is 4.90 Å². The number of amides is 1. The molecule has 1 unspecified atom stereocenters. The van der Waals surface area contributed by atoms with Crippen molar-refractivity contribution in [1.29, 1.82) is 0 Å². The standard InChI is InChI=1S/C15H22N2O.C2H6/c1-11(2)17-10-4-3-5-14(17)12-6-8-13(9-7-12)15(16)18;1-2/h6-9,11,14H,3-5,10H2,1-2H3,(H2,16,18);1-2H3. The first-order valence-electron chi connectivity index (χ1n) is 7.75. The van der Waals surface area contributed by atoms with E-state index in [1.165, 1.54) is 31.4 Å². The first-order valence-corrected chi connectivity index (χ1v) is 7.75. The van der Waals surface area contributed by atoms with E-state index in [4.69, 9.17) is 5.73 Å². The van der Waals surface area contributed by atoms with Crippen LogP contribution in [0, 0.1) is 0 Å². The Morgan fingerprint density at radius 3 is 2.30 bits per heavy atom. The van der Waals surface area contributed by atoms with E-state index in [0.29, 0.717) is 17.6 Å². The lowest BCUT2D eigenvalue weighted by atomic mass is 9.93. The van der Waals surface area contributed by atoms with Gasteiger partial charge < -0.3 is 5.73 Å². The highest BCUT2D eigenvalue weighted by atomic mass is 16.1. The van der Waals surface area contributed by atoms with Crippen LogP contribution in [-0.2, 0) is 0 Å². The summed E-state index contributed by atoms with van der Waals surface area (Å²) in [7, 11) is 0. The van der Waals surface area contributed by atoms with Crippen LogP contribution in [-0.4, -0.2) is 23.4 Å². The predicted octanol–water partition coefficient (Wildman–Crippen LogP) is 3.75. The van der Waals surface area contributed by atoms with Gasteiger partial charge in [-0.15, -0.1) is 0 Å². The molecular formula is C17H28N2O. The summed E-state index contributed by atoms with van der Waals surface area (Å²) in [5, 5.41) is 0. The van der Waals surface area contributed by atoms with Crippen LogP contribution in [0.15, 0.2) is 24.3 Å². The molecule has 1 amide bonds. The van der Waals surface area contributed by atoms with E-state index in [9.17, 15) is 4.79 Å². The fourth-order valence-corrected chi connectivity index (χ4v) is 2.80. The molecule has 20 heavy (non-hydrogen) atoms. The van der Waals surface area contributed by atoms with E-state index in [0.717, 1.165) is 0 Å². The molecule has 1 saturated heterocycles. The van der Waals surface area contributed by atoms with Gasteiger partial charge in [-0.25, -0.2) is 0 Å². The van der Waals surface area contributed by atoms with Gasteiger partial charge in [-0.05, 0) is 50.9 Å². The van der Waals surface area contributed by atoms with Crippen LogP contribution in [0.5, 0.6) is 0 Å². The van der Waals surface area contributed by atoms with Gasteiger partial charge in [0, 0.05) is 17.6 Å². The summed E-state index contributed by atoms with van der Waals surface area (Å²) in [4.78, 5) is 13.6. The number of nitrogens with two attached hydrogens (primary N) is 1. The molecule has 0 spiro atoms. The summed E-state index contributed by atoms with van der Waals surface area (Å²) in [5.41, 5.74) is 7.16. The Morgan fingerprint density at radius 2 is 1.80 bits per heavy atom. The molecule has 1 atom stereocenters. The highest BCUT2D eigenvalue weighted by Gasteiger charge is 2.25. The zero-order chi connectivity index (χ0) is 15.1. The van der Waals surface area contributed by atoms with Crippen molar-refractivity contribution in [2.24, 2.45) is 5.73 Å². The molecule has 0 bridgehead atoms. The van der Waals surface area contributed by atoms with E-state index in [1.54, 1.807) is 0 Å².